The molecular weight excluding hydrogens is 356 g/mol. The van der Waals surface area contributed by atoms with E-state index in [2.05, 4.69) is 40.6 Å². The van der Waals surface area contributed by atoms with Gasteiger partial charge in [0.25, 0.3) is 0 Å². The molecule has 0 saturated heterocycles. The molecule has 2 heterocycles. The molecule has 0 spiro atoms. The van der Waals surface area contributed by atoms with Crippen LogP contribution in [0.15, 0.2) is 53.7 Å². The normalized spacial score (nSPS) is 11.2. The van der Waals surface area contributed by atoms with Gasteiger partial charge in [-0.15, -0.1) is 10.2 Å². The molecular formula is C21H20N4OS. The molecule has 0 saturated carbocycles. The Balaban J connectivity index is 1.56. The lowest BCUT2D eigenvalue weighted by molar-refractivity contribution is -0.113. The van der Waals surface area contributed by atoms with Crippen LogP contribution in [0.4, 0.5) is 5.69 Å². The Hall–Kier alpha value is -2.86. The second-order valence-corrected chi connectivity index (χ2v) is 7.62. The minimum atomic E-state index is -0.0490. The van der Waals surface area contributed by atoms with Gasteiger partial charge in [0.1, 0.15) is 0 Å². The summed E-state index contributed by atoms with van der Waals surface area (Å²) in [6.45, 7) is 6.09. The molecule has 5 nitrogen and oxygen atoms in total. The Morgan fingerprint density at radius 2 is 1.78 bits per heavy atom. The van der Waals surface area contributed by atoms with Gasteiger partial charge in [-0.05, 0) is 55.5 Å². The lowest BCUT2D eigenvalue weighted by Crippen LogP contribution is -2.16. The second-order valence-electron chi connectivity index (χ2n) is 6.68. The fraction of sp³-hybridized carbons (Fsp3) is 0.190. The number of carbonyl (C=O) groups is 1. The quantitative estimate of drug-likeness (QED) is 0.531. The van der Waals surface area contributed by atoms with Gasteiger partial charge in [0.2, 0.25) is 5.91 Å². The van der Waals surface area contributed by atoms with E-state index in [4.69, 9.17) is 0 Å². The zero-order valence-electron chi connectivity index (χ0n) is 15.5. The fourth-order valence-electron chi connectivity index (χ4n) is 3.39. The molecule has 0 unspecified atom stereocenters. The number of thioether (sulfide) groups is 1. The number of aryl methyl sites for hydroxylation is 3. The first-order valence-corrected chi connectivity index (χ1v) is 9.75. The molecule has 0 aliphatic rings. The smallest absolute Gasteiger partial charge is 0.234 e. The third kappa shape index (κ3) is 3.40. The van der Waals surface area contributed by atoms with Gasteiger partial charge >= 0.3 is 0 Å². The van der Waals surface area contributed by atoms with Gasteiger partial charge in [0, 0.05) is 5.69 Å². The molecule has 1 amide bonds. The van der Waals surface area contributed by atoms with Crippen molar-refractivity contribution < 1.29 is 4.79 Å². The fourth-order valence-corrected chi connectivity index (χ4v) is 4.14. The summed E-state index contributed by atoms with van der Waals surface area (Å²) in [7, 11) is 0. The number of benzene rings is 2. The molecule has 0 radical (unpaired) electrons. The van der Waals surface area contributed by atoms with E-state index in [1.54, 1.807) is 0 Å². The maximum atomic E-state index is 12.5. The molecule has 0 bridgehead atoms. The number of anilines is 1. The molecule has 0 aliphatic heterocycles. The van der Waals surface area contributed by atoms with E-state index >= 15 is 0 Å². The number of fused-ring (bicyclic) bond motifs is 3. The predicted molar refractivity (Wildman–Crippen MR) is 110 cm³/mol. The number of nitrogens with one attached hydrogen (secondary N) is 1. The van der Waals surface area contributed by atoms with Crippen LogP contribution in [0.1, 0.15) is 16.7 Å². The average Bonchev–Trinajstić information content (AvgIpc) is 3.06. The summed E-state index contributed by atoms with van der Waals surface area (Å²) in [6.07, 6.45) is 0. The maximum absolute atomic E-state index is 12.5. The summed E-state index contributed by atoms with van der Waals surface area (Å²) in [5, 5.41) is 13.4. The molecule has 4 aromatic rings. The predicted octanol–water partition coefficient (Wildman–Crippen LogP) is 4.54. The van der Waals surface area contributed by atoms with Gasteiger partial charge in [-0.25, -0.2) is 0 Å². The highest BCUT2D eigenvalue weighted by Gasteiger charge is 2.13. The van der Waals surface area contributed by atoms with Crippen LogP contribution in [-0.4, -0.2) is 26.3 Å². The number of hydrogen-bond acceptors (Lipinski definition) is 4. The van der Waals surface area contributed by atoms with E-state index in [-0.39, 0.29) is 11.7 Å². The Labute approximate surface area is 161 Å². The summed E-state index contributed by atoms with van der Waals surface area (Å²) in [5.74, 6) is 0.226. The molecule has 1 N–H and O–H groups in total. The van der Waals surface area contributed by atoms with Crippen LogP contribution in [0.2, 0.25) is 0 Å². The summed E-state index contributed by atoms with van der Waals surface area (Å²) in [5.41, 5.74) is 6.05. The number of nitrogens with zero attached hydrogens (tertiary/aromatic N) is 3. The number of rotatable bonds is 4. The second kappa shape index (κ2) is 7.04. The topological polar surface area (TPSA) is 59.3 Å². The van der Waals surface area contributed by atoms with Crippen molar-refractivity contribution in [1.82, 2.24) is 14.6 Å². The van der Waals surface area contributed by atoms with Crippen molar-refractivity contribution in [3.8, 4) is 0 Å². The van der Waals surface area contributed by atoms with E-state index in [1.807, 2.05) is 48.6 Å². The van der Waals surface area contributed by atoms with Crippen LogP contribution in [0.5, 0.6) is 0 Å². The van der Waals surface area contributed by atoms with Crippen molar-refractivity contribution in [2.45, 2.75) is 25.9 Å². The van der Waals surface area contributed by atoms with E-state index in [0.29, 0.717) is 5.16 Å². The highest BCUT2D eigenvalue weighted by molar-refractivity contribution is 7.99. The lowest BCUT2D eigenvalue weighted by atomic mass is 10.1. The lowest BCUT2D eigenvalue weighted by Gasteiger charge is -2.12. The summed E-state index contributed by atoms with van der Waals surface area (Å²) in [4.78, 5) is 12.5. The minimum absolute atomic E-state index is 0.0490. The van der Waals surface area contributed by atoms with Crippen molar-refractivity contribution in [3.05, 3.63) is 65.2 Å². The van der Waals surface area contributed by atoms with Gasteiger partial charge in [-0.2, -0.15) is 0 Å². The first-order chi connectivity index (χ1) is 13.0. The molecule has 4 rings (SSSR count). The third-order valence-electron chi connectivity index (χ3n) is 4.52. The molecule has 136 valence electrons. The van der Waals surface area contributed by atoms with Crippen molar-refractivity contribution in [2.75, 3.05) is 11.1 Å². The maximum Gasteiger partial charge on any atom is 0.234 e. The van der Waals surface area contributed by atoms with Gasteiger partial charge in [0.05, 0.1) is 11.3 Å². The Morgan fingerprint density at radius 1 is 1.04 bits per heavy atom. The Bertz CT molecular complexity index is 1140. The van der Waals surface area contributed by atoms with Crippen LogP contribution in [0, 0.1) is 20.8 Å². The first kappa shape index (κ1) is 17.5. The molecule has 6 heteroatoms. The highest BCUT2D eigenvalue weighted by Crippen LogP contribution is 2.25. The van der Waals surface area contributed by atoms with Crippen LogP contribution in [-0.2, 0) is 4.79 Å². The van der Waals surface area contributed by atoms with E-state index in [0.717, 1.165) is 33.4 Å². The number of amides is 1. The van der Waals surface area contributed by atoms with Crippen LogP contribution in [0.3, 0.4) is 0 Å². The molecule has 0 aliphatic carbocycles. The van der Waals surface area contributed by atoms with Gasteiger partial charge < -0.3 is 5.32 Å². The Kier molecular flexibility index (Phi) is 4.58. The molecule has 0 fully saturated rings. The van der Waals surface area contributed by atoms with Crippen molar-refractivity contribution in [1.29, 1.82) is 0 Å². The van der Waals surface area contributed by atoms with Gasteiger partial charge in [0.15, 0.2) is 10.8 Å². The van der Waals surface area contributed by atoms with Gasteiger partial charge in [-0.1, -0.05) is 47.7 Å². The molecule has 0 atom stereocenters. The summed E-state index contributed by atoms with van der Waals surface area (Å²) in [6, 6.07) is 16.2. The zero-order valence-corrected chi connectivity index (χ0v) is 16.3. The van der Waals surface area contributed by atoms with Gasteiger partial charge in [-0.3, -0.25) is 9.20 Å². The van der Waals surface area contributed by atoms with E-state index < -0.39 is 0 Å². The molecule has 27 heavy (non-hydrogen) atoms. The van der Waals surface area contributed by atoms with Crippen molar-refractivity contribution in [2.24, 2.45) is 0 Å². The molecule has 2 aromatic heterocycles. The number of para-hydroxylation sites is 1. The van der Waals surface area contributed by atoms with Crippen LogP contribution >= 0.6 is 11.8 Å². The third-order valence-corrected chi connectivity index (χ3v) is 5.45. The number of aromatic nitrogens is 3. The Morgan fingerprint density at radius 3 is 2.56 bits per heavy atom. The number of hydrogen-bond donors (Lipinski definition) is 1. The van der Waals surface area contributed by atoms with Crippen LogP contribution in [0.25, 0.3) is 16.6 Å². The zero-order chi connectivity index (χ0) is 19.0. The SMILES string of the molecule is Cc1cc(C)c(NC(=O)CSc2nnc3ccc4ccccc4n23)c(C)c1. The highest BCUT2D eigenvalue weighted by atomic mass is 32.2. The van der Waals surface area contributed by atoms with Crippen molar-refractivity contribution in [3.63, 3.8) is 0 Å². The minimum Gasteiger partial charge on any atom is -0.325 e. The van der Waals surface area contributed by atoms with E-state index in [9.17, 15) is 4.79 Å². The first-order valence-electron chi connectivity index (χ1n) is 8.76. The monoisotopic (exact) mass is 376 g/mol. The number of pyridine rings is 1. The largest absolute Gasteiger partial charge is 0.325 e. The standard InChI is InChI=1S/C21H20N4OS/c1-13-10-14(2)20(15(3)11-13)22-19(26)12-27-21-24-23-18-9-8-16-6-4-5-7-17(16)25(18)21/h4-11H,12H2,1-3H3,(H,22,26). The van der Waals surface area contributed by atoms with E-state index in [1.165, 1.54) is 17.3 Å². The number of carbonyl (C=O) groups excluding carboxylic acids is 1. The molecule has 2 aromatic carbocycles. The summed E-state index contributed by atoms with van der Waals surface area (Å²) < 4.78 is 2.00. The summed E-state index contributed by atoms with van der Waals surface area (Å²) >= 11 is 1.39. The average molecular weight is 376 g/mol. The van der Waals surface area contributed by atoms with Crippen molar-refractivity contribution >= 4 is 39.9 Å². The van der Waals surface area contributed by atoms with Crippen LogP contribution < -0.4 is 5.32 Å².